The lowest BCUT2D eigenvalue weighted by Crippen LogP contribution is -2.36. The first-order chi connectivity index (χ1) is 13.2. The summed E-state index contributed by atoms with van der Waals surface area (Å²) in [6.07, 6.45) is 6.93. The van der Waals surface area contributed by atoms with Crippen LogP contribution in [0.2, 0.25) is 0 Å². The minimum Gasteiger partial charge on any atom is -0.446 e. The highest BCUT2D eigenvalue weighted by atomic mass is 16.5. The number of carbonyl (C=O) groups is 2. The van der Waals surface area contributed by atoms with E-state index in [0.717, 1.165) is 38.5 Å². The Labute approximate surface area is 160 Å². The van der Waals surface area contributed by atoms with Gasteiger partial charge < -0.3 is 24.1 Å². The Morgan fingerprint density at radius 1 is 1.22 bits per heavy atom. The van der Waals surface area contributed by atoms with Gasteiger partial charge in [-0.25, -0.2) is 4.98 Å². The third kappa shape index (κ3) is 6.95. The van der Waals surface area contributed by atoms with E-state index in [1.165, 1.54) is 6.26 Å². The maximum absolute atomic E-state index is 12.8. The third-order valence-electron chi connectivity index (χ3n) is 4.71. The summed E-state index contributed by atoms with van der Waals surface area (Å²) in [6.45, 7) is 2.55. The van der Waals surface area contributed by atoms with Crippen molar-refractivity contribution in [3.05, 3.63) is 17.8 Å². The van der Waals surface area contributed by atoms with Gasteiger partial charge in [-0.2, -0.15) is 0 Å². The van der Waals surface area contributed by atoms with Crippen LogP contribution in [0.15, 0.2) is 10.7 Å². The van der Waals surface area contributed by atoms with Gasteiger partial charge >= 0.3 is 0 Å². The number of ether oxygens (including phenoxy) is 2. The lowest BCUT2D eigenvalue weighted by molar-refractivity contribution is -0.136. The summed E-state index contributed by atoms with van der Waals surface area (Å²) in [4.78, 5) is 30.9. The Kier molecular flexibility index (Phi) is 9.27. The molecule has 0 aliphatic heterocycles. The summed E-state index contributed by atoms with van der Waals surface area (Å²) in [5, 5.41) is 2.77. The number of hydrogen-bond acceptors (Lipinski definition) is 6. The quantitative estimate of drug-likeness (QED) is 0.557. The monoisotopic (exact) mass is 381 g/mol. The van der Waals surface area contributed by atoms with E-state index in [9.17, 15) is 9.59 Å². The second-order valence-electron chi connectivity index (χ2n) is 6.82. The van der Waals surface area contributed by atoms with Crippen LogP contribution < -0.4 is 5.32 Å². The summed E-state index contributed by atoms with van der Waals surface area (Å²) in [5.41, 5.74) is 0.229. The molecule has 0 atom stereocenters. The maximum atomic E-state index is 12.8. The Hall–Kier alpha value is -1.93. The Morgan fingerprint density at radius 2 is 1.93 bits per heavy atom. The molecule has 1 heterocycles. The number of amides is 2. The van der Waals surface area contributed by atoms with Crippen LogP contribution in [-0.2, 0) is 20.8 Å². The smallest absolute Gasteiger partial charge is 0.273 e. The zero-order valence-electron chi connectivity index (χ0n) is 16.4. The van der Waals surface area contributed by atoms with Crippen molar-refractivity contribution in [3.8, 4) is 0 Å². The molecule has 1 saturated carbocycles. The molecule has 0 saturated heterocycles. The summed E-state index contributed by atoms with van der Waals surface area (Å²) < 4.78 is 15.5. The lowest BCUT2D eigenvalue weighted by atomic mass is 10.1. The first kappa shape index (κ1) is 21.4. The van der Waals surface area contributed by atoms with Crippen LogP contribution in [0.5, 0.6) is 0 Å². The number of nitrogens with zero attached hydrogens (tertiary/aromatic N) is 2. The van der Waals surface area contributed by atoms with Gasteiger partial charge in [0.15, 0.2) is 5.69 Å². The fourth-order valence-corrected chi connectivity index (χ4v) is 3.26. The van der Waals surface area contributed by atoms with E-state index in [0.29, 0.717) is 32.2 Å². The molecule has 1 aromatic rings. The van der Waals surface area contributed by atoms with Crippen LogP contribution in [0.3, 0.4) is 0 Å². The first-order valence-electron chi connectivity index (χ1n) is 9.65. The molecule has 1 aliphatic rings. The van der Waals surface area contributed by atoms with Crippen molar-refractivity contribution in [2.45, 2.75) is 45.1 Å². The van der Waals surface area contributed by atoms with Gasteiger partial charge in [-0.15, -0.1) is 0 Å². The van der Waals surface area contributed by atoms with Crippen molar-refractivity contribution in [2.75, 3.05) is 40.5 Å². The van der Waals surface area contributed by atoms with E-state index in [2.05, 4.69) is 10.3 Å². The predicted octanol–water partition coefficient (Wildman–Crippen LogP) is 2.00. The van der Waals surface area contributed by atoms with Crippen LogP contribution in [0.25, 0.3) is 0 Å². The highest BCUT2D eigenvalue weighted by Gasteiger charge is 2.28. The SMILES string of the molecule is COCCCNC(=O)c1coc(CN(CCCOC)C(=O)C2CCCC2)n1. The average Bonchev–Trinajstić information content (AvgIpc) is 3.36. The zero-order valence-corrected chi connectivity index (χ0v) is 16.4. The van der Waals surface area contributed by atoms with Crippen LogP contribution in [0, 0.1) is 5.92 Å². The molecule has 0 radical (unpaired) electrons. The number of methoxy groups -OCH3 is 2. The van der Waals surface area contributed by atoms with E-state index in [-0.39, 0.29) is 30.0 Å². The Morgan fingerprint density at radius 3 is 2.63 bits per heavy atom. The number of nitrogens with one attached hydrogen (secondary N) is 1. The van der Waals surface area contributed by atoms with Crippen molar-refractivity contribution < 1.29 is 23.5 Å². The molecule has 152 valence electrons. The maximum Gasteiger partial charge on any atom is 0.273 e. The first-order valence-corrected chi connectivity index (χ1v) is 9.65. The molecule has 1 fully saturated rings. The normalized spacial score (nSPS) is 14.4. The van der Waals surface area contributed by atoms with Gasteiger partial charge in [0.25, 0.3) is 5.91 Å². The number of hydrogen-bond donors (Lipinski definition) is 1. The van der Waals surface area contributed by atoms with E-state index in [4.69, 9.17) is 13.9 Å². The highest BCUT2D eigenvalue weighted by Crippen LogP contribution is 2.27. The minimum absolute atomic E-state index is 0.0889. The van der Waals surface area contributed by atoms with E-state index in [1.807, 2.05) is 0 Å². The van der Waals surface area contributed by atoms with Gasteiger partial charge in [0, 0.05) is 46.4 Å². The van der Waals surface area contributed by atoms with Gasteiger partial charge in [-0.1, -0.05) is 12.8 Å². The topological polar surface area (TPSA) is 93.9 Å². The Bertz CT molecular complexity index is 584. The predicted molar refractivity (Wildman–Crippen MR) is 99.2 cm³/mol. The van der Waals surface area contributed by atoms with Crippen LogP contribution in [0.4, 0.5) is 0 Å². The summed E-state index contributed by atoms with van der Waals surface area (Å²) in [6, 6.07) is 0. The molecule has 8 nitrogen and oxygen atoms in total. The van der Waals surface area contributed by atoms with E-state index < -0.39 is 0 Å². The molecular formula is C19H31N3O5. The van der Waals surface area contributed by atoms with Crippen molar-refractivity contribution in [1.82, 2.24) is 15.2 Å². The molecule has 1 aliphatic carbocycles. The largest absolute Gasteiger partial charge is 0.446 e. The third-order valence-corrected chi connectivity index (χ3v) is 4.71. The van der Waals surface area contributed by atoms with Crippen molar-refractivity contribution in [1.29, 1.82) is 0 Å². The Balaban J connectivity index is 1.92. The van der Waals surface area contributed by atoms with Gasteiger partial charge in [-0.3, -0.25) is 9.59 Å². The van der Waals surface area contributed by atoms with Gasteiger partial charge in [0.2, 0.25) is 11.8 Å². The number of carbonyl (C=O) groups excluding carboxylic acids is 2. The average molecular weight is 381 g/mol. The van der Waals surface area contributed by atoms with Gasteiger partial charge in [0.1, 0.15) is 6.26 Å². The molecule has 0 spiro atoms. The lowest BCUT2D eigenvalue weighted by Gasteiger charge is -2.24. The molecule has 8 heteroatoms. The second-order valence-corrected chi connectivity index (χ2v) is 6.82. The molecule has 0 unspecified atom stereocenters. The molecule has 27 heavy (non-hydrogen) atoms. The van der Waals surface area contributed by atoms with E-state index >= 15 is 0 Å². The molecule has 0 aromatic carbocycles. The summed E-state index contributed by atoms with van der Waals surface area (Å²) >= 11 is 0. The fraction of sp³-hybridized carbons (Fsp3) is 0.737. The number of rotatable bonds is 12. The fourth-order valence-electron chi connectivity index (χ4n) is 3.26. The van der Waals surface area contributed by atoms with Crippen LogP contribution in [-0.4, -0.2) is 62.2 Å². The molecule has 2 amide bonds. The van der Waals surface area contributed by atoms with Crippen molar-refractivity contribution in [3.63, 3.8) is 0 Å². The highest BCUT2D eigenvalue weighted by molar-refractivity contribution is 5.91. The van der Waals surface area contributed by atoms with Crippen LogP contribution >= 0.6 is 0 Å². The summed E-state index contributed by atoms with van der Waals surface area (Å²) in [5.74, 6) is 0.327. The van der Waals surface area contributed by atoms with E-state index in [1.54, 1.807) is 19.1 Å². The molecule has 1 aromatic heterocycles. The molecule has 2 rings (SSSR count). The molecule has 1 N–H and O–H groups in total. The van der Waals surface area contributed by atoms with Crippen LogP contribution in [0.1, 0.15) is 54.9 Å². The number of aromatic nitrogens is 1. The molecular weight excluding hydrogens is 350 g/mol. The summed E-state index contributed by atoms with van der Waals surface area (Å²) in [7, 11) is 3.27. The number of oxazole rings is 1. The van der Waals surface area contributed by atoms with Crippen molar-refractivity contribution in [2.24, 2.45) is 5.92 Å². The van der Waals surface area contributed by atoms with Gasteiger partial charge in [0.05, 0.1) is 6.54 Å². The van der Waals surface area contributed by atoms with Crippen molar-refractivity contribution >= 4 is 11.8 Å². The second kappa shape index (κ2) is 11.7. The standard InChI is InChI=1S/C19H31N3O5/c1-25-11-5-9-20-18(23)16-14-27-17(21-16)13-22(10-6-12-26-2)19(24)15-7-3-4-8-15/h14-15H,3-13H2,1-2H3,(H,20,23). The zero-order chi connectivity index (χ0) is 19.5. The minimum atomic E-state index is -0.283. The molecule has 0 bridgehead atoms. The van der Waals surface area contributed by atoms with Gasteiger partial charge in [-0.05, 0) is 25.7 Å².